The first-order chi connectivity index (χ1) is 17.2. The Bertz CT molecular complexity index is 1270. The molecule has 9 nitrogen and oxygen atoms in total. The van der Waals surface area contributed by atoms with Crippen molar-refractivity contribution in [2.45, 2.75) is 64.5 Å². The van der Waals surface area contributed by atoms with Crippen LogP contribution in [0.2, 0.25) is 0 Å². The smallest absolute Gasteiger partial charge is 0.250 e. The Morgan fingerprint density at radius 1 is 1.31 bits per heavy atom. The van der Waals surface area contributed by atoms with Crippen molar-refractivity contribution in [3.8, 4) is 11.1 Å². The molecule has 0 aliphatic heterocycles. The quantitative estimate of drug-likeness (QED) is 0.350. The minimum atomic E-state index is -0.548. The Balaban J connectivity index is 1.69. The number of aryl methyl sites for hydroxylation is 1. The molecule has 9 heteroatoms. The minimum absolute atomic E-state index is 0.0403. The van der Waals surface area contributed by atoms with Crippen molar-refractivity contribution in [2.75, 3.05) is 31.2 Å². The molecule has 3 aromatic rings. The van der Waals surface area contributed by atoms with E-state index in [1.165, 1.54) is 19.3 Å². The largest absolute Gasteiger partial charge is 0.394 e. The molecule has 1 fully saturated rings. The summed E-state index contributed by atoms with van der Waals surface area (Å²) >= 11 is 0. The maximum atomic E-state index is 12.6. The van der Waals surface area contributed by atoms with Crippen LogP contribution in [0.5, 0.6) is 0 Å². The Morgan fingerprint density at radius 2 is 2.08 bits per heavy atom. The number of unbranched alkanes of at least 4 members (excludes halogenated alkanes) is 1. The van der Waals surface area contributed by atoms with Gasteiger partial charge < -0.3 is 25.6 Å². The zero-order valence-electron chi connectivity index (χ0n) is 21.9. The summed E-state index contributed by atoms with van der Waals surface area (Å²) in [5, 5.41) is 13.4. The molecule has 194 valence electrons. The lowest BCUT2D eigenvalue weighted by Crippen LogP contribution is -2.39. The summed E-state index contributed by atoms with van der Waals surface area (Å²) in [6, 6.07) is 3.58. The molecule has 4 N–H and O–H groups in total. The predicted octanol–water partition coefficient (Wildman–Crippen LogP) is 3.56. The van der Waals surface area contributed by atoms with Gasteiger partial charge in [0.1, 0.15) is 5.52 Å². The lowest BCUT2D eigenvalue weighted by molar-refractivity contribution is 0.212. The first-order valence-corrected chi connectivity index (χ1v) is 12.9. The molecular formula is C27H39N7O2. The molecule has 0 bridgehead atoms. The highest BCUT2D eigenvalue weighted by Crippen LogP contribution is 2.33. The number of rotatable bonds is 12. The van der Waals surface area contributed by atoms with Crippen LogP contribution < -0.4 is 16.6 Å². The average molecular weight is 494 g/mol. The number of fused-ring (bicyclic) bond motifs is 1. The van der Waals surface area contributed by atoms with E-state index < -0.39 is 5.54 Å². The fourth-order valence-corrected chi connectivity index (χ4v) is 4.56. The monoisotopic (exact) mass is 493 g/mol. The first-order valence-electron chi connectivity index (χ1n) is 12.9. The number of nitrogen functional groups attached to an aromatic ring is 1. The molecule has 0 amide bonds. The Hall–Kier alpha value is -3.04. The molecule has 0 spiro atoms. The van der Waals surface area contributed by atoms with Crippen molar-refractivity contribution in [1.29, 1.82) is 0 Å². The van der Waals surface area contributed by atoms with E-state index in [9.17, 15) is 9.90 Å². The normalized spacial score (nSPS) is 15.4. The first kappa shape index (κ1) is 26.0. The lowest BCUT2D eigenvalue weighted by atomic mass is 9.96. The van der Waals surface area contributed by atoms with Crippen LogP contribution in [0.1, 0.15) is 57.9 Å². The van der Waals surface area contributed by atoms with Crippen LogP contribution in [0, 0.1) is 5.92 Å². The van der Waals surface area contributed by atoms with Gasteiger partial charge in [-0.2, -0.15) is 4.98 Å². The van der Waals surface area contributed by atoms with Crippen molar-refractivity contribution >= 4 is 22.8 Å². The van der Waals surface area contributed by atoms with Gasteiger partial charge in [0.2, 0.25) is 5.95 Å². The third-order valence-electron chi connectivity index (χ3n) is 7.08. The van der Waals surface area contributed by atoms with Gasteiger partial charge in [0.05, 0.1) is 17.7 Å². The van der Waals surface area contributed by atoms with Gasteiger partial charge in [0, 0.05) is 37.6 Å². The molecule has 0 unspecified atom stereocenters. The van der Waals surface area contributed by atoms with Crippen molar-refractivity contribution in [3.63, 3.8) is 0 Å². The molecule has 1 aliphatic carbocycles. The Morgan fingerprint density at radius 3 is 2.78 bits per heavy atom. The van der Waals surface area contributed by atoms with Crippen LogP contribution >= 0.6 is 0 Å². The van der Waals surface area contributed by atoms with E-state index in [1.54, 1.807) is 23.9 Å². The molecular weight excluding hydrogens is 454 g/mol. The van der Waals surface area contributed by atoms with Crippen molar-refractivity contribution in [2.24, 2.45) is 13.0 Å². The van der Waals surface area contributed by atoms with Crippen LogP contribution in [0.15, 0.2) is 29.3 Å². The van der Waals surface area contributed by atoms with E-state index >= 15 is 0 Å². The number of nitrogens with zero attached hydrogens (tertiary/aromatic N) is 5. The van der Waals surface area contributed by atoms with Gasteiger partial charge in [-0.05, 0) is 56.5 Å². The maximum absolute atomic E-state index is 12.6. The molecule has 0 aromatic carbocycles. The summed E-state index contributed by atoms with van der Waals surface area (Å²) in [5.74, 6) is 1.50. The van der Waals surface area contributed by atoms with Gasteiger partial charge in [-0.1, -0.05) is 32.6 Å². The number of hydrogen-bond donors (Lipinski definition) is 3. The van der Waals surface area contributed by atoms with Gasteiger partial charge in [0.25, 0.3) is 5.56 Å². The standard InChI is InChI=1S/C27H39N7O2/c1-5-6-10-27(2,17-35)32-25-24-22(30-26(28)31-25)12-19(14-29-24)21-13-23(36)34(4)16-20(21)15-33(3)11-9-18-7-8-18/h12-14,16,18,35H,5-11,15,17H2,1-4H3,(H3,28,30,31,32)/t27-/m1/s1. The van der Waals surface area contributed by atoms with Gasteiger partial charge in [0.15, 0.2) is 5.82 Å². The fraction of sp³-hybridized carbons (Fsp3) is 0.556. The zero-order chi connectivity index (χ0) is 25.9. The van der Waals surface area contributed by atoms with Crippen LogP contribution in [0.3, 0.4) is 0 Å². The number of anilines is 2. The number of aliphatic hydroxyl groups is 1. The third-order valence-corrected chi connectivity index (χ3v) is 7.08. The molecule has 1 aliphatic rings. The van der Waals surface area contributed by atoms with Crippen LogP contribution in [-0.4, -0.2) is 55.3 Å². The summed E-state index contributed by atoms with van der Waals surface area (Å²) < 4.78 is 1.62. The SMILES string of the molecule is CCCC[C@](C)(CO)Nc1nc(N)nc2cc(-c3cc(=O)n(C)cc3CN(C)CCC3CC3)cnc12. The van der Waals surface area contributed by atoms with Crippen molar-refractivity contribution in [3.05, 3.63) is 40.4 Å². The number of pyridine rings is 2. The second kappa shape index (κ2) is 10.9. The summed E-state index contributed by atoms with van der Waals surface area (Å²) in [6.07, 6.45) is 10.4. The predicted molar refractivity (Wildman–Crippen MR) is 145 cm³/mol. The van der Waals surface area contributed by atoms with Gasteiger partial charge in [-0.3, -0.25) is 9.78 Å². The van der Waals surface area contributed by atoms with Crippen LogP contribution in [0.25, 0.3) is 22.2 Å². The highest BCUT2D eigenvalue weighted by atomic mass is 16.3. The van der Waals surface area contributed by atoms with E-state index in [0.717, 1.165) is 55.0 Å². The highest BCUT2D eigenvalue weighted by molar-refractivity contribution is 5.89. The fourth-order valence-electron chi connectivity index (χ4n) is 4.56. The van der Waals surface area contributed by atoms with E-state index in [1.807, 2.05) is 19.2 Å². The Labute approximate surface area is 212 Å². The van der Waals surface area contributed by atoms with Gasteiger partial charge >= 0.3 is 0 Å². The summed E-state index contributed by atoms with van der Waals surface area (Å²) in [4.78, 5) is 28.4. The highest BCUT2D eigenvalue weighted by Gasteiger charge is 2.25. The number of nitrogens with two attached hydrogens (primary N) is 1. The summed E-state index contributed by atoms with van der Waals surface area (Å²) in [6.45, 7) is 5.81. The van der Waals surface area contributed by atoms with E-state index in [-0.39, 0.29) is 18.1 Å². The second-order valence-corrected chi connectivity index (χ2v) is 10.6. The van der Waals surface area contributed by atoms with Crippen LogP contribution in [-0.2, 0) is 13.6 Å². The zero-order valence-corrected chi connectivity index (χ0v) is 21.9. The van der Waals surface area contributed by atoms with Gasteiger partial charge in [-0.15, -0.1) is 0 Å². The molecule has 3 aromatic heterocycles. The van der Waals surface area contributed by atoms with E-state index in [0.29, 0.717) is 16.9 Å². The number of nitrogens with one attached hydrogen (secondary N) is 1. The average Bonchev–Trinajstić information content (AvgIpc) is 3.68. The van der Waals surface area contributed by atoms with E-state index in [2.05, 4.69) is 34.2 Å². The molecule has 3 heterocycles. The van der Waals surface area contributed by atoms with Crippen molar-refractivity contribution in [1.82, 2.24) is 24.4 Å². The molecule has 36 heavy (non-hydrogen) atoms. The number of hydrogen-bond acceptors (Lipinski definition) is 8. The molecule has 1 saturated carbocycles. The Kier molecular flexibility index (Phi) is 7.90. The molecule has 1 atom stereocenters. The van der Waals surface area contributed by atoms with Crippen LogP contribution in [0.4, 0.5) is 11.8 Å². The molecule has 4 rings (SSSR count). The topological polar surface area (TPSA) is 122 Å². The second-order valence-electron chi connectivity index (χ2n) is 10.6. The third kappa shape index (κ3) is 6.20. The lowest BCUT2D eigenvalue weighted by Gasteiger charge is -2.29. The minimum Gasteiger partial charge on any atom is -0.394 e. The number of aromatic nitrogens is 4. The van der Waals surface area contributed by atoms with E-state index in [4.69, 9.17) is 10.7 Å². The number of aliphatic hydroxyl groups excluding tert-OH is 1. The molecule has 0 saturated heterocycles. The summed E-state index contributed by atoms with van der Waals surface area (Å²) in [5.41, 5.74) is 9.33. The molecule has 0 radical (unpaired) electrons. The summed E-state index contributed by atoms with van der Waals surface area (Å²) in [7, 11) is 3.90. The van der Waals surface area contributed by atoms with Crippen molar-refractivity contribution < 1.29 is 5.11 Å². The maximum Gasteiger partial charge on any atom is 0.250 e. The van der Waals surface area contributed by atoms with Gasteiger partial charge in [-0.25, -0.2) is 4.98 Å².